The highest BCUT2D eigenvalue weighted by molar-refractivity contribution is 5.93. The Bertz CT molecular complexity index is 577. The molecule has 4 nitrogen and oxygen atoms in total. The van der Waals surface area contributed by atoms with Gasteiger partial charge < -0.3 is 9.47 Å². The van der Waals surface area contributed by atoms with Crippen molar-refractivity contribution in [2.24, 2.45) is 0 Å². The minimum absolute atomic E-state index is 0.189. The zero-order valence-corrected chi connectivity index (χ0v) is 10.5. The molecule has 1 aromatic rings. The SMILES string of the molecule is CCOC(=O)c1cc(C(F)F)cc(C#N)c1OC(F)(F)F. The second kappa shape index (κ2) is 6.39. The number of rotatable bonds is 4. The summed E-state index contributed by atoms with van der Waals surface area (Å²) in [6.07, 6.45) is -8.27. The monoisotopic (exact) mass is 309 g/mol. The van der Waals surface area contributed by atoms with E-state index in [1.807, 2.05) is 0 Å². The van der Waals surface area contributed by atoms with Gasteiger partial charge in [-0.15, -0.1) is 13.2 Å². The molecule has 1 aromatic carbocycles. The number of carbonyl (C=O) groups excluding carboxylic acids is 1. The first-order chi connectivity index (χ1) is 9.69. The van der Waals surface area contributed by atoms with Crippen molar-refractivity contribution in [3.8, 4) is 11.8 Å². The van der Waals surface area contributed by atoms with E-state index in [0.29, 0.717) is 12.1 Å². The van der Waals surface area contributed by atoms with Crippen molar-refractivity contribution in [1.82, 2.24) is 0 Å². The predicted octanol–water partition coefficient (Wildman–Crippen LogP) is 3.57. The lowest BCUT2D eigenvalue weighted by Crippen LogP contribution is -2.21. The van der Waals surface area contributed by atoms with Crippen molar-refractivity contribution in [1.29, 1.82) is 5.26 Å². The third-order valence-electron chi connectivity index (χ3n) is 2.20. The van der Waals surface area contributed by atoms with Crippen LogP contribution >= 0.6 is 0 Å². The van der Waals surface area contributed by atoms with E-state index < -0.39 is 41.2 Å². The summed E-state index contributed by atoms with van der Waals surface area (Å²) in [5, 5.41) is 8.76. The molecule has 1 rings (SSSR count). The standard InChI is InChI=1S/C12H8F5NO3/c1-2-20-11(19)8-4-6(10(13)14)3-7(5-18)9(8)21-12(15,16)17/h3-4,10H,2H2,1H3. The predicted molar refractivity (Wildman–Crippen MR) is 58.8 cm³/mol. The van der Waals surface area contributed by atoms with Crippen molar-refractivity contribution in [2.75, 3.05) is 6.61 Å². The normalized spacial score (nSPS) is 11.1. The number of nitrogens with zero attached hydrogens (tertiary/aromatic N) is 1. The van der Waals surface area contributed by atoms with Crippen LogP contribution in [0.3, 0.4) is 0 Å². The largest absolute Gasteiger partial charge is 0.573 e. The van der Waals surface area contributed by atoms with E-state index in [1.54, 1.807) is 0 Å². The maximum atomic E-state index is 12.7. The van der Waals surface area contributed by atoms with Crippen LogP contribution in [0.5, 0.6) is 5.75 Å². The fraction of sp³-hybridized carbons (Fsp3) is 0.333. The van der Waals surface area contributed by atoms with Gasteiger partial charge in [-0.05, 0) is 19.1 Å². The third-order valence-corrected chi connectivity index (χ3v) is 2.20. The molecule has 0 heterocycles. The molecule has 0 bridgehead atoms. The van der Waals surface area contributed by atoms with Crippen LogP contribution in [0, 0.1) is 11.3 Å². The van der Waals surface area contributed by atoms with Gasteiger partial charge >= 0.3 is 12.3 Å². The zero-order valence-electron chi connectivity index (χ0n) is 10.5. The number of esters is 1. The fourth-order valence-electron chi connectivity index (χ4n) is 1.45. The van der Waals surface area contributed by atoms with Crippen LogP contribution < -0.4 is 4.74 Å². The van der Waals surface area contributed by atoms with Gasteiger partial charge in [-0.1, -0.05) is 0 Å². The summed E-state index contributed by atoms with van der Waals surface area (Å²) in [5.41, 5.74) is -2.51. The number of nitriles is 1. The van der Waals surface area contributed by atoms with Gasteiger partial charge in [-0.3, -0.25) is 0 Å². The van der Waals surface area contributed by atoms with Crippen LogP contribution in [-0.4, -0.2) is 18.9 Å². The average molecular weight is 309 g/mol. The van der Waals surface area contributed by atoms with E-state index in [1.165, 1.54) is 13.0 Å². The summed E-state index contributed by atoms with van der Waals surface area (Å²) in [6.45, 7) is 1.19. The zero-order chi connectivity index (χ0) is 16.2. The van der Waals surface area contributed by atoms with Crippen LogP contribution in [0.25, 0.3) is 0 Å². The molecule has 9 heteroatoms. The Labute approximate surface area is 115 Å². The Morgan fingerprint density at radius 3 is 2.43 bits per heavy atom. The Morgan fingerprint density at radius 1 is 1.38 bits per heavy atom. The summed E-state index contributed by atoms with van der Waals surface area (Å²) in [7, 11) is 0. The molecule has 0 aliphatic carbocycles. The maximum Gasteiger partial charge on any atom is 0.573 e. The Balaban J connectivity index is 3.50. The van der Waals surface area contributed by atoms with Gasteiger partial charge in [0.2, 0.25) is 0 Å². The van der Waals surface area contributed by atoms with Crippen molar-refractivity contribution in [3.63, 3.8) is 0 Å². The highest BCUT2D eigenvalue weighted by atomic mass is 19.4. The molecule has 0 saturated heterocycles. The van der Waals surface area contributed by atoms with Gasteiger partial charge in [0.15, 0.2) is 5.75 Å². The van der Waals surface area contributed by atoms with Crippen LogP contribution in [0.1, 0.15) is 34.8 Å². The van der Waals surface area contributed by atoms with Crippen LogP contribution in [0.4, 0.5) is 22.0 Å². The lowest BCUT2D eigenvalue weighted by Gasteiger charge is -2.15. The minimum Gasteiger partial charge on any atom is -0.462 e. The molecule has 21 heavy (non-hydrogen) atoms. The van der Waals surface area contributed by atoms with Gasteiger partial charge in [0, 0.05) is 5.56 Å². The van der Waals surface area contributed by atoms with Gasteiger partial charge in [-0.2, -0.15) is 5.26 Å². The van der Waals surface area contributed by atoms with Crippen LogP contribution in [0.2, 0.25) is 0 Å². The Hall–Kier alpha value is -2.37. The molecule has 0 atom stereocenters. The fourth-order valence-corrected chi connectivity index (χ4v) is 1.45. The first-order valence-electron chi connectivity index (χ1n) is 5.48. The Kier molecular flexibility index (Phi) is 5.07. The van der Waals surface area contributed by atoms with E-state index in [-0.39, 0.29) is 6.61 Å². The lowest BCUT2D eigenvalue weighted by atomic mass is 10.0. The topological polar surface area (TPSA) is 59.3 Å². The van der Waals surface area contributed by atoms with Crippen LogP contribution in [0.15, 0.2) is 12.1 Å². The molecule has 0 aliphatic rings. The quantitative estimate of drug-likeness (QED) is 0.630. The van der Waals surface area contributed by atoms with Crippen molar-refractivity contribution < 1.29 is 36.2 Å². The molecule has 114 valence electrons. The number of hydrogen-bond donors (Lipinski definition) is 0. The third kappa shape index (κ3) is 4.30. The average Bonchev–Trinajstić information content (AvgIpc) is 2.36. The Morgan fingerprint density at radius 2 is 2.00 bits per heavy atom. The molecule has 0 N–H and O–H groups in total. The van der Waals surface area contributed by atoms with E-state index in [4.69, 9.17) is 5.26 Å². The van der Waals surface area contributed by atoms with Gasteiger partial charge in [0.25, 0.3) is 6.43 Å². The second-order valence-electron chi connectivity index (χ2n) is 3.63. The highest BCUT2D eigenvalue weighted by Crippen LogP contribution is 2.34. The summed E-state index contributed by atoms with van der Waals surface area (Å²) >= 11 is 0. The van der Waals surface area contributed by atoms with E-state index in [2.05, 4.69) is 9.47 Å². The van der Waals surface area contributed by atoms with Crippen LogP contribution in [-0.2, 0) is 4.74 Å². The first-order valence-corrected chi connectivity index (χ1v) is 5.48. The molecule has 0 saturated carbocycles. The van der Waals surface area contributed by atoms with E-state index in [0.717, 1.165) is 0 Å². The number of benzene rings is 1. The number of alkyl halides is 5. The molecular formula is C12H8F5NO3. The summed E-state index contributed by atoms with van der Waals surface area (Å²) in [4.78, 5) is 11.6. The highest BCUT2D eigenvalue weighted by Gasteiger charge is 2.35. The minimum atomic E-state index is -5.20. The first kappa shape index (κ1) is 16.7. The van der Waals surface area contributed by atoms with Gasteiger partial charge in [0.05, 0.1) is 12.2 Å². The van der Waals surface area contributed by atoms with Crippen molar-refractivity contribution in [3.05, 3.63) is 28.8 Å². The lowest BCUT2D eigenvalue weighted by molar-refractivity contribution is -0.274. The molecule has 0 radical (unpaired) electrons. The molecule has 0 aromatic heterocycles. The van der Waals surface area contributed by atoms with Crippen molar-refractivity contribution in [2.45, 2.75) is 19.7 Å². The van der Waals surface area contributed by atoms with E-state index in [9.17, 15) is 26.7 Å². The smallest absolute Gasteiger partial charge is 0.462 e. The van der Waals surface area contributed by atoms with E-state index >= 15 is 0 Å². The number of ether oxygens (including phenoxy) is 2. The molecular weight excluding hydrogens is 301 g/mol. The summed E-state index contributed by atoms with van der Waals surface area (Å²) in [5.74, 6) is -2.46. The molecule has 0 unspecified atom stereocenters. The number of carbonyl (C=O) groups is 1. The molecule has 0 spiro atoms. The van der Waals surface area contributed by atoms with Gasteiger partial charge in [-0.25, -0.2) is 13.6 Å². The molecule has 0 aliphatic heterocycles. The molecule has 0 amide bonds. The van der Waals surface area contributed by atoms with Crippen molar-refractivity contribution >= 4 is 5.97 Å². The van der Waals surface area contributed by atoms with Gasteiger partial charge in [0.1, 0.15) is 11.6 Å². The summed E-state index contributed by atoms with van der Waals surface area (Å²) in [6, 6.07) is 2.31. The number of hydrogen-bond acceptors (Lipinski definition) is 4. The number of halogens is 5. The second-order valence-corrected chi connectivity index (χ2v) is 3.63. The summed E-state index contributed by atoms with van der Waals surface area (Å²) < 4.78 is 70.3. The maximum absolute atomic E-state index is 12.7. The molecule has 0 fully saturated rings.